The zero-order valence-corrected chi connectivity index (χ0v) is 13.7. The quantitative estimate of drug-likeness (QED) is 0.645. The van der Waals surface area contributed by atoms with E-state index in [2.05, 4.69) is 51.7 Å². The molecule has 5 heteroatoms. The number of fused-ring (bicyclic) bond motifs is 1. The van der Waals surface area contributed by atoms with Crippen LogP contribution in [0.1, 0.15) is 32.8 Å². The minimum atomic E-state index is 0.0522. The molecule has 1 aromatic rings. The minimum Gasteiger partial charge on any atom is -0.356 e. The van der Waals surface area contributed by atoms with Gasteiger partial charge in [-0.15, -0.1) is 0 Å². The number of anilines is 1. The van der Waals surface area contributed by atoms with E-state index in [1.165, 1.54) is 11.3 Å². The van der Waals surface area contributed by atoms with Crippen molar-refractivity contribution in [1.82, 2.24) is 10.6 Å². The Kier molecular flexibility index (Phi) is 5.81. The predicted octanol–water partition coefficient (Wildman–Crippen LogP) is 1.93. The van der Waals surface area contributed by atoms with Crippen LogP contribution < -0.4 is 15.5 Å². The number of para-hydroxylation sites is 1. The van der Waals surface area contributed by atoms with E-state index >= 15 is 0 Å². The molecule has 0 radical (unpaired) electrons. The molecule has 22 heavy (non-hydrogen) atoms. The van der Waals surface area contributed by atoms with Gasteiger partial charge < -0.3 is 15.5 Å². The molecule has 2 N–H and O–H groups in total. The molecule has 5 nitrogen and oxygen atoms in total. The van der Waals surface area contributed by atoms with Crippen LogP contribution in [0.5, 0.6) is 0 Å². The maximum Gasteiger partial charge on any atom is 0.222 e. The zero-order valence-electron chi connectivity index (χ0n) is 13.7. The molecule has 0 aromatic heterocycles. The summed E-state index contributed by atoms with van der Waals surface area (Å²) in [5.74, 6) is 0.918. The van der Waals surface area contributed by atoms with Crippen molar-refractivity contribution in [3.63, 3.8) is 0 Å². The fraction of sp³-hybridized carbons (Fsp3) is 0.529. The zero-order chi connectivity index (χ0) is 15.9. The van der Waals surface area contributed by atoms with Crippen LogP contribution in [0.25, 0.3) is 0 Å². The van der Waals surface area contributed by atoms with E-state index in [4.69, 9.17) is 0 Å². The Bertz CT molecular complexity index is 539. The Labute approximate surface area is 132 Å². The van der Waals surface area contributed by atoms with Crippen LogP contribution in [0.2, 0.25) is 0 Å². The summed E-state index contributed by atoms with van der Waals surface area (Å²) in [4.78, 5) is 18.5. The third-order valence-electron chi connectivity index (χ3n) is 3.53. The highest BCUT2D eigenvalue weighted by Gasteiger charge is 2.22. The Balaban J connectivity index is 2.01. The summed E-state index contributed by atoms with van der Waals surface area (Å²) in [6.07, 6.45) is 1.46. The largest absolute Gasteiger partial charge is 0.356 e. The maximum absolute atomic E-state index is 11.7. The number of amides is 1. The van der Waals surface area contributed by atoms with Gasteiger partial charge in [0.05, 0.1) is 6.54 Å². The summed E-state index contributed by atoms with van der Waals surface area (Å²) < 4.78 is 0. The average Bonchev–Trinajstić information content (AvgIpc) is 2.89. The molecule has 2 rings (SSSR count). The van der Waals surface area contributed by atoms with E-state index in [9.17, 15) is 4.79 Å². The smallest absolute Gasteiger partial charge is 0.222 e. The second-order valence-electron chi connectivity index (χ2n) is 5.74. The number of benzene rings is 1. The molecule has 0 saturated heterocycles. The summed E-state index contributed by atoms with van der Waals surface area (Å²) in [6, 6.07) is 8.59. The minimum absolute atomic E-state index is 0.0522. The van der Waals surface area contributed by atoms with Crippen LogP contribution in [-0.4, -0.2) is 37.5 Å². The van der Waals surface area contributed by atoms with Crippen molar-refractivity contribution in [3.8, 4) is 0 Å². The molecule has 0 unspecified atom stereocenters. The number of rotatable bonds is 5. The van der Waals surface area contributed by atoms with E-state index < -0.39 is 0 Å². The Morgan fingerprint density at radius 3 is 2.86 bits per heavy atom. The molecule has 1 aliphatic rings. The lowest BCUT2D eigenvalue weighted by Gasteiger charge is -2.22. The van der Waals surface area contributed by atoms with Crippen molar-refractivity contribution in [2.45, 2.75) is 39.7 Å². The number of nitrogens with one attached hydrogen (secondary N) is 2. The molecule has 1 amide bonds. The number of nitrogens with zero attached hydrogens (tertiary/aromatic N) is 2. The third-order valence-corrected chi connectivity index (χ3v) is 3.53. The standard InChI is InChI=1S/C17H26N4O/c1-4-18-17(19-11-9-16(22)20-13(2)3)21-12-10-14-7-5-6-8-15(14)21/h5-8,13H,4,9-12H2,1-3H3,(H,18,19)(H,20,22). The number of guanidine groups is 1. The van der Waals surface area contributed by atoms with Crippen LogP contribution >= 0.6 is 0 Å². The van der Waals surface area contributed by atoms with E-state index in [1.54, 1.807) is 0 Å². The summed E-state index contributed by atoms with van der Waals surface area (Å²) in [5.41, 5.74) is 2.57. The highest BCUT2D eigenvalue weighted by Crippen LogP contribution is 2.27. The van der Waals surface area contributed by atoms with Gasteiger partial charge in [-0.25, -0.2) is 0 Å². The van der Waals surface area contributed by atoms with E-state index in [0.717, 1.165) is 25.5 Å². The normalized spacial score (nSPS) is 14.2. The first kappa shape index (κ1) is 16.3. The second kappa shape index (κ2) is 7.82. The van der Waals surface area contributed by atoms with Crippen LogP contribution in [0.15, 0.2) is 29.3 Å². The molecule has 1 heterocycles. The SMILES string of the molecule is CCNC(=NCCC(=O)NC(C)C)N1CCc2ccccc21. The van der Waals surface area contributed by atoms with Gasteiger partial charge in [-0.2, -0.15) is 0 Å². The lowest BCUT2D eigenvalue weighted by atomic mass is 10.2. The molecule has 1 aromatic carbocycles. The summed E-state index contributed by atoms with van der Waals surface area (Å²) in [7, 11) is 0. The number of carbonyl (C=O) groups excluding carboxylic acids is 1. The predicted molar refractivity (Wildman–Crippen MR) is 91.4 cm³/mol. The monoisotopic (exact) mass is 302 g/mol. The van der Waals surface area contributed by atoms with Crippen molar-refractivity contribution in [1.29, 1.82) is 0 Å². The van der Waals surface area contributed by atoms with Crippen LogP contribution in [0, 0.1) is 0 Å². The van der Waals surface area contributed by atoms with Crippen molar-refractivity contribution >= 4 is 17.6 Å². The number of aliphatic imine (C=N–C) groups is 1. The highest BCUT2D eigenvalue weighted by atomic mass is 16.1. The van der Waals surface area contributed by atoms with E-state index in [-0.39, 0.29) is 11.9 Å². The Hall–Kier alpha value is -2.04. The second-order valence-corrected chi connectivity index (χ2v) is 5.74. The van der Waals surface area contributed by atoms with Crippen molar-refractivity contribution in [2.75, 3.05) is 24.5 Å². The highest BCUT2D eigenvalue weighted by molar-refractivity contribution is 5.98. The Morgan fingerprint density at radius 1 is 1.36 bits per heavy atom. The third kappa shape index (κ3) is 4.23. The number of hydrogen-bond acceptors (Lipinski definition) is 2. The van der Waals surface area contributed by atoms with Crippen LogP contribution in [0.3, 0.4) is 0 Å². The first-order valence-electron chi connectivity index (χ1n) is 8.05. The lowest BCUT2D eigenvalue weighted by Crippen LogP contribution is -2.41. The first-order valence-corrected chi connectivity index (χ1v) is 8.05. The van der Waals surface area contributed by atoms with Crippen molar-refractivity contribution in [3.05, 3.63) is 29.8 Å². The topological polar surface area (TPSA) is 56.7 Å². The van der Waals surface area contributed by atoms with Gasteiger partial charge in [-0.3, -0.25) is 9.79 Å². The van der Waals surface area contributed by atoms with Gasteiger partial charge in [0.1, 0.15) is 0 Å². The average molecular weight is 302 g/mol. The molecule has 0 bridgehead atoms. The molecule has 120 valence electrons. The molecular weight excluding hydrogens is 276 g/mol. The molecule has 0 atom stereocenters. The van der Waals surface area contributed by atoms with Gasteiger partial charge in [-0.05, 0) is 38.8 Å². The number of hydrogen-bond donors (Lipinski definition) is 2. The molecule has 0 saturated carbocycles. The van der Waals surface area contributed by atoms with Crippen LogP contribution in [0.4, 0.5) is 5.69 Å². The van der Waals surface area contributed by atoms with Gasteiger partial charge in [0.25, 0.3) is 0 Å². The van der Waals surface area contributed by atoms with Gasteiger partial charge >= 0.3 is 0 Å². The van der Waals surface area contributed by atoms with Gasteiger partial charge in [-0.1, -0.05) is 18.2 Å². The van der Waals surface area contributed by atoms with Gasteiger partial charge in [0, 0.05) is 31.2 Å². The first-order chi connectivity index (χ1) is 10.6. The van der Waals surface area contributed by atoms with Crippen molar-refractivity contribution in [2.24, 2.45) is 4.99 Å². The molecule has 0 fully saturated rings. The Morgan fingerprint density at radius 2 is 2.14 bits per heavy atom. The van der Waals surface area contributed by atoms with Crippen molar-refractivity contribution < 1.29 is 4.79 Å². The fourth-order valence-corrected chi connectivity index (χ4v) is 2.61. The van der Waals surface area contributed by atoms with E-state index in [1.807, 2.05) is 13.8 Å². The molecule has 0 spiro atoms. The molecular formula is C17H26N4O. The van der Waals surface area contributed by atoms with E-state index in [0.29, 0.717) is 13.0 Å². The summed E-state index contributed by atoms with van der Waals surface area (Å²) >= 11 is 0. The summed E-state index contributed by atoms with van der Waals surface area (Å²) in [5, 5.41) is 6.22. The van der Waals surface area contributed by atoms with Gasteiger partial charge in [0.15, 0.2) is 5.96 Å². The molecule has 1 aliphatic heterocycles. The lowest BCUT2D eigenvalue weighted by molar-refractivity contribution is -0.121. The van der Waals surface area contributed by atoms with Gasteiger partial charge in [0.2, 0.25) is 5.91 Å². The summed E-state index contributed by atoms with van der Waals surface area (Å²) in [6.45, 7) is 8.24. The fourth-order valence-electron chi connectivity index (χ4n) is 2.61. The molecule has 0 aliphatic carbocycles. The van der Waals surface area contributed by atoms with Crippen LogP contribution in [-0.2, 0) is 11.2 Å². The number of carbonyl (C=O) groups is 1. The maximum atomic E-state index is 11.7.